The summed E-state index contributed by atoms with van der Waals surface area (Å²) in [4.78, 5) is 16.9. The molecule has 0 N–H and O–H groups in total. The fourth-order valence-corrected chi connectivity index (χ4v) is 1.45. The van der Waals surface area contributed by atoms with Gasteiger partial charge in [0.05, 0.1) is 11.6 Å². The summed E-state index contributed by atoms with van der Waals surface area (Å²) >= 11 is 11.4. The molecule has 1 aromatic heterocycles. The van der Waals surface area contributed by atoms with Gasteiger partial charge in [0.15, 0.2) is 0 Å². The summed E-state index contributed by atoms with van der Waals surface area (Å²) in [5, 5.41) is 8.96. The second-order valence-electron chi connectivity index (χ2n) is 3.19. The lowest BCUT2D eigenvalue weighted by atomic mass is 10.2. The summed E-state index contributed by atoms with van der Waals surface area (Å²) in [7, 11) is 1.53. The van der Waals surface area contributed by atoms with E-state index in [-0.39, 0.29) is 21.8 Å². The molecule has 0 aromatic carbocycles. The highest BCUT2D eigenvalue weighted by atomic mass is 35.5. The number of halogens is 2. The minimum absolute atomic E-state index is 0.0366. The quantitative estimate of drug-likeness (QED) is 0.765. The van der Waals surface area contributed by atoms with Crippen molar-refractivity contribution in [3.05, 3.63) is 28.0 Å². The van der Waals surface area contributed by atoms with Gasteiger partial charge in [-0.1, -0.05) is 23.2 Å². The Bertz CT molecular complexity index is 456. The molecule has 1 aromatic rings. The van der Waals surface area contributed by atoms with Gasteiger partial charge in [0.1, 0.15) is 16.3 Å². The van der Waals surface area contributed by atoms with Crippen LogP contribution in [-0.2, 0) is 0 Å². The largest absolute Gasteiger partial charge is 0.326 e. The van der Waals surface area contributed by atoms with Crippen molar-refractivity contribution < 1.29 is 4.79 Å². The molecule has 0 aliphatic carbocycles. The first-order valence-corrected chi connectivity index (χ1v) is 5.21. The smallest absolute Gasteiger partial charge is 0.257 e. The van der Waals surface area contributed by atoms with Crippen molar-refractivity contribution in [1.82, 2.24) is 9.88 Å². The van der Waals surface area contributed by atoms with Crippen LogP contribution in [0.5, 0.6) is 0 Å². The first kappa shape index (κ1) is 12.8. The molecule has 1 amide bonds. The Kier molecular flexibility index (Phi) is 4.11. The van der Waals surface area contributed by atoms with E-state index in [9.17, 15) is 4.79 Å². The second-order valence-corrected chi connectivity index (χ2v) is 3.94. The monoisotopic (exact) mass is 257 g/mol. The third kappa shape index (κ3) is 2.63. The maximum atomic E-state index is 11.9. The van der Waals surface area contributed by atoms with E-state index in [1.54, 1.807) is 6.92 Å². The van der Waals surface area contributed by atoms with E-state index in [1.165, 1.54) is 24.1 Å². The number of carbonyl (C=O) groups excluding carboxylic acids is 1. The molecule has 0 fully saturated rings. The van der Waals surface area contributed by atoms with Gasteiger partial charge in [-0.3, -0.25) is 4.79 Å². The highest BCUT2D eigenvalue weighted by Gasteiger charge is 2.20. The molecule has 0 bridgehead atoms. The molecular weight excluding hydrogens is 249 g/mol. The molecule has 0 aliphatic rings. The van der Waals surface area contributed by atoms with Crippen molar-refractivity contribution in [3.63, 3.8) is 0 Å². The van der Waals surface area contributed by atoms with Crippen LogP contribution in [0.1, 0.15) is 17.3 Å². The SMILES string of the molecule is CC(C#N)N(C)C(=O)c1ccc(Cl)nc1Cl. The first-order chi connectivity index (χ1) is 7.47. The number of amides is 1. The summed E-state index contributed by atoms with van der Waals surface area (Å²) < 4.78 is 0. The van der Waals surface area contributed by atoms with Crippen LogP contribution < -0.4 is 0 Å². The lowest BCUT2D eigenvalue weighted by Gasteiger charge is -2.19. The molecule has 84 valence electrons. The Morgan fingerprint density at radius 3 is 2.69 bits per heavy atom. The molecular formula is C10H9Cl2N3O. The van der Waals surface area contributed by atoms with Gasteiger partial charge < -0.3 is 4.90 Å². The fourth-order valence-electron chi connectivity index (χ4n) is 1.02. The van der Waals surface area contributed by atoms with Crippen molar-refractivity contribution in [1.29, 1.82) is 5.26 Å². The van der Waals surface area contributed by atoms with E-state index >= 15 is 0 Å². The van der Waals surface area contributed by atoms with Gasteiger partial charge in [-0.15, -0.1) is 0 Å². The molecule has 6 heteroatoms. The van der Waals surface area contributed by atoms with Crippen LogP contribution in [0.3, 0.4) is 0 Å². The highest BCUT2D eigenvalue weighted by molar-refractivity contribution is 6.34. The molecule has 4 nitrogen and oxygen atoms in total. The average Bonchev–Trinajstić information content (AvgIpc) is 2.26. The molecule has 0 saturated carbocycles. The zero-order valence-corrected chi connectivity index (χ0v) is 10.2. The predicted octanol–water partition coefficient (Wildman–Crippen LogP) is 2.37. The third-order valence-corrected chi connectivity index (χ3v) is 2.63. The predicted molar refractivity (Wildman–Crippen MR) is 61.4 cm³/mol. The molecule has 16 heavy (non-hydrogen) atoms. The number of pyridine rings is 1. The Hall–Kier alpha value is -1.31. The Balaban J connectivity index is 3.02. The van der Waals surface area contributed by atoms with Crippen molar-refractivity contribution >= 4 is 29.1 Å². The van der Waals surface area contributed by atoms with Gasteiger partial charge in [-0.05, 0) is 19.1 Å². The van der Waals surface area contributed by atoms with Crippen molar-refractivity contribution in [3.8, 4) is 6.07 Å². The number of nitrogens with zero attached hydrogens (tertiary/aromatic N) is 3. The first-order valence-electron chi connectivity index (χ1n) is 4.46. The number of nitriles is 1. The molecule has 0 aliphatic heterocycles. The topological polar surface area (TPSA) is 57.0 Å². The molecule has 0 radical (unpaired) electrons. The van der Waals surface area contributed by atoms with Gasteiger partial charge in [-0.25, -0.2) is 4.98 Å². The molecule has 1 unspecified atom stereocenters. The van der Waals surface area contributed by atoms with Crippen LogP contribution in [0.4, 0.5) is 0 Å². The Morgan fingerprint density at radius 1 is 1.56 bits per heavy atom. The number of rotatable bonds is 2. The van der Waals surface area contributed by atoms with Gasteiger partial charge in [-0.2, -0.15) is 5.26 Å². The van der Waals surface area contributed by atoms with Crippen LogP contribution in [0.2, 0.25) is 10.3 Å². The van der Waals surface area contributed by atoms with Gasteiger partial charge in [0.2, 0.25) is 0 Å². The van der Waals surface area contributed by atoms with Gasteiger partial charge in [0.25, 0.3) is 5.91 Å². The summed E-state index contributed by atoms with van der Waals surface area (Å²) in [6.45, 7) is 1.62. The van der Waals surface area contributed by atoms with Gasteiger partial charge >= 0.3 is 0 Å². The summed E-state index contributed by atoms with van der Waals surface area (Å²) in [6.07, 6.45) is 0. The highest BCUT2D eigenvalue weighted by Crippen LogP contribution is 2.18. The second kappa shape index (κ2) is 5.15. The van der Waals surface area contributed by atoms with Crippen LogP contribution in [-0.4, -0.2) is 28.9 Å². The lowest BCUT2D eigenvalue weighted by molar-refractivity contribution is 0.0773. The normalized spacial score (nSPS) is 11.7. The average molecular weight is 258 g/mol. The Labute approximate surface area is 103 Å². The van der Waals surface area contributed by atoms with Crippen LogP contribution in [0.15, 0.2) is 12.1 Å². The van der Waals surface area contributed by atoms with E-state index < -0.39 is 6.04 Å². The zero-order valence-electron chi connectivity index (χ0n) is 8.74. The number of hydrogen-bond donors (Lipinski definition) is 0. The molecule has 1 heterocycles. The summed E-state index contributed by atoms with van der Waals surface area (Å²) in [5.74, 6) is -0.358. The Morgan fingerprint density at radius 2 is 2.19 bits per heavy atom. The number of hydrogen-bond acceptors (Lipinski definition) is 3. The number of aromatic nitrogens is 1. The molecule has 0 saturated heterocycles. The minimum Gasteiger partial charge on any atom is -0.326 e. The van der Waals surface area contributed by atoms with Crippen LogP contribution in [0, 0.1) is 11.3 Å². The van der Waals surface area contributed by atoms with E-state index in [1.807, 2.05) is 6.07 Å². The lowest BCUT2D eigenvalue weighted by Crippen LogP contribution is -2.34. The minimum atomic E-state index is -0.528. The van der Waals surface area contributed by atoms with E-state index in [4.69, 9.17) is 28.5 Å². The summed E-state index contributed by atoms with van der Waals surface area (Å²) in [5.41, 5.74) is 0.232. The zero-order chi connectivity index (χ0) is 12.3. The molecule has 0 spiro atoms. The molecule has 1 rings (SSSR count). The third-order valence-electron chi connectivity index (χ3n) is 2.13. The molecule has 1 atom stereocenters. The fraction of sp³-hybridized carbons (Fsp3) is 0.300. The van der Waals surface area contributed by atoms with E-state index in [0.29, 0.717) is 0 Å². The van der Waals surface area contributed by atoms with E-state index in [2.05, 4.69) is 4.98 Å². The van der Waals surface area contributed by atoms with Crippen molar-refractivity contribution in [2.24, 2.45) is 0 Å². The maximum Gasteiger partial charge on any atom is 0.257 e. The van der Waals surface area contributed by atoms with Crippen LogP contribution >= 0.6 is 23.2 Å². The number of carbonyl (C=O) groups is 1. The summed E-state index contributed by atoms with van der Waals surface area (Å²) in [6, 6.07) is 4.40. The van der Waals surface area contributed by atoms with Gasteiger partial charge in [0, 0.05) is 7.05 Å². The van der Waals surface area contributed by atoms with Crippen molar-refractivity contribution in [2.45, 2.75) is 13.0 Å². The van der Waals surface area contributed by atoms with Crippen LogP contribution in [0.25, 0.3) is 0 Å². The van der Waals surface area contributed by atoms with Crippen molar-refractivity contribution in [2.75, 3.05) is 7.05 Å². The maximum absolute atomic E-state index is 11.9. The standard InChI is InChI=1S/C10H9Cl2N3O/c1-6(5-13)15(2)10(16)7-3-4-8(11)14-9(7)12/h3-4,6H,1-2H3. The van der Waals surface area contributed by atoms with E-state index in [0.717, 1.165) is 0 Å².